The van der Waals surface area contributed by atoms with E-state index in [1.807, 2.05) is 63.2 Å². The van der Waals surface area contributed by atoms with Gasteiger partial charge in [-0.3, -0.25) is 9.59 Å². The van der Waals surface area contributed by atoms with E-state index in [2.05, 4.69) is 0 Å². The molecule has 0 N–H and O–H groups in total. The number of likely N-dealkylation sites (tertiary alicyclic amines) is 1. The molecule has 0 bridgehead atoms. The quantitative estimate of drug-likeness (QED) is 0.633. The highest BCUT2D eigenvalue weighted by Crippen LogP contribution is 2.25. The first-order valence-corrected chi connectivity index (χ1v) is 8.54. The molecule has 1 amide bonds. The Hall–Kier alpha value is -2.62. The van der Waals surface area contributed by atoms with Crippen LogP contribution < -0.4 is 4.74 Å². The van der Waals surface area contributed by atoms with Gasteiger partial charge in [0.2, 0.25) is 5.91 Å². The second-order valence-corrected chi connectivity index (χ2v) is 6.85. The van der Waals surface area contributed by atoms with Crippen LogP contribution in [0.5, 0.6) is 5.75 Å². The Bertz CT molecular complexity index is 795. The van der Waals surface area contributed by atoms with Crippen molar-refractivity contribution < 1.29 is 14.3 Å². The minimum Gasteiger partial charge on any atom is -0.426 e. The molecule has 25 heavy (non-hydrogen) atoms. The van der Waals surface area contributed by atoms with Gasteiger partial charge in [0.25, 0.3) is 0 Å². The number of hydrogen-bond acceptors (Lipinski definition) is 3. The molecule has 0 spiro atoms. The maximum atomic E-state index is 12.4. The number of esters is 1. The molecule has 2 aromatic carbocycles. The number of carbonyl (C=O) groups excluding carboxylic acids is 2. The second-order valence-electron chi connectivity index (χ2n) is 6.85. The zero-order valence-corrected chi connectivity index (χ0v) is 14.9. The molecular formula is C21H23NO3. The highest BCUT2D eigenvalue weighted by molar-refractivity contribution is 5.87. The Morgan fingerprint density at radius 3 is 2.44 bits per heavy atom. The topological polar surface area (TPSA) is 46.6 Å². The molecule has 130 valence electrons. The van der Waals surface area contributed by atoms with Crippen molar-refractivity contribution in [2.45, 2.75) is 33.7 Å². The fourth-order valence-electron chi connectivity index (χ4n) is 3.10. The molecule has 4 heteroatoms. The maximum Gasteiger partial charge on any atom is 0.316 e. The van der Waals surface area contributed by atoms with Gasteiger partial charge in [0.05, 0.1) is 5.92 Å². The van der Waals surface area contributed by atoms with Crippen LogP contribution in [0, 0.1) is 26.7 Å². The van der Waals surface area contributed by atoms with Crippen LogP contribution in [-0.4, -0.2) is 23.3 Å². The molecule has 0 aromatic heterocycles. The molecule has 4 nitrogen and oxygen atoms in total. The first-order valence-electron chi connectivity index (χ1n) is 8.54. The van der Waals surface area contributed by atoms with Crippen molar-refractivity contribution >= 4 is 11.9 Å². The van der Waals surface area contributed by atoms with Crippen molar-refractivity contribution in [3.05, 3.63) is 64.7 Å². The Morgan fingerprint density at radius 2 is 1.76 bits per heavy atom. The van der Waals surface area contributed by atoms with E-state index in [1.165, 1.54) is 5.56 Å². The predicted molar refractivity (Wildman–Crippen MR) is 96.3 cm³/mol. The average Bonchev–Trinajstić information content (AvgIpc) is 2.93. The molecule has 0 saturated carbocycles. The average molecular weight is 337 g/mol. The van der Waals surface area contributed by atoms with Gasteiger partial charge in [-0.2, -0.15) is 0 Å². The molecule has 1 atom stereocenters. The second kappa shape index (κ2) is 7.09. The van der Waals surface area contributed by atoms with Crippen LogP contribution in [0.4, 0.5) is 0 Å². The minimum absolute atomic E-state index is 0.00292. The van der Waals surface area contributed by atoms with Crippen LogP contribution in [0.25, 0.3) is 0 Å². The highest BCUT2D eigenvalue weighted by atomic mass is 16.5. The smallest absolute Gasteiger partial charge is 0.316 e. The summed E-state index contributed by atoms with van der Waals surface area (Å²) in [6.45, 7) is 6.89. The van der Waals surface area contributed by atoms with Crippen molar-refractivity contribution in [3.63, 3.8) is 0 Å². The van der Waals surface area contributed by atoms with E-state index in [4.69, 9.17) is 4.74 Å². The molecular weight excluding hydrogens is 314 g/mol. The van der Waals surface area contributed by atoms with Gasteiger partial charge in [0, 0.05) is 19.5 Å². The monoisotopic (exact) mass is 337 g/mol. The summed E-state index contributed by atoms with van der Waals surface area (Å²) in [4.78, 5) is 26.4. The molecule has 3 rings (SSSR count). The zero-order valence-electron chi connectivity index (χ0n) is 14.9. The van der Waals surface area contributed by atoms with Gasteiger partial charge in [-0.05, 0) is 38.0 Å². The number of hydrogen-bond donors (Lipinski definition) is 0. The lowest BCUT2D eigenvalue weighted by atomic mass is 10.1. The van der Waals surface area contributed by atoms with Crippen LogP contribution in [0.2, 0.25) is 0 Å². The van der Waals surface area contributed by atoms with E-state index in [1.54, 1.807) is 4.90 Å². The standard InChI is InChI=1S/C21H23NO3/c1-14-4-7-17(8-5-14)12-22-13-18(11-20(22)23)21(24)25-19-9-6-15(2)10-16(19)3/h4-10,18H,11-13H2,1-3H3. The summed E-state index contributed by atoms with van der Waals surface area (Å²) >= 11 is 0. The summed E-state index contributed by atoms with van der Waals surface area (Å²) in [5, 5.41) is 0. The van der Waals surface area contributed by atoms with Crippen molar-refractivity contribution in [3.8, 4) is 5.75 Å². The number of rotatable bonds is 4. The largest absolute Gasteiger partial charge is 0.426 e. The van der Waals surface area contributed by atoms with E-state index < -0.39 is 5.92 Å². The summed E-state index contributed by atoms with van der Waals surface area (Å²) < 4.78 is 5.53. The normalized spacial score (nSPS) is 17.0. The summed E-state index contributed by atoms with van der Waals surface area (Å²) in [5.41, 5.74) is 4.31. The van der Waals surface area contributed by atoms with Gasteiger partial charge in [-0.15, -0.1) is 0 Å². The SMILES string of the molecule is Cc1ccc(CN2CC(C(=O)Oc3ccc(C)cc3C)CC2=O)cc1. The van der Waals surface area contributed by atoms with Gasteiger partial charge in [-0.1, -0.05) is 47.5 Å². The number of nitrogens with zero attached hydrogens (tertiary/aromatic N) is 1. The Balaban J connectivity index is 1.63. The van der Waals surface area contributed by atoms with Crippen LogP contribution >= 0.6 is 0 Å². The lowest BCUT2D eigenvalue weighted by Gasteiger charge is -2.17. The van der Waals surface area contributed by atoms with E-state index in [-0.39, 0.29) is 18.3 Å². The molecule has 0 radical (unpaired) electrons. The maximum absolute atomic E-state index is 12.4. The number of amides is 1. The molecule has 2 aromatic rings. The summed E-state index contributed by atoms with van der Waals surface area (Å²) in [6, 6.07) is 13.8. The molecule has 1 saturated heterocycles. The van der Waals surface area contributed by atoms with Crippen molar-refractivity contribution in [1.82, 2.24) is 4.90 Å². The first kappa shape index (κ1) is 17.2. The number of carbonyl (C=O) groups is 2. The number of benzene rings is 2. The summed E-state index contributed by atoms with van der Waals surface area (Å²) in [6.07, 6.45) is 0.218. The minimum atomic E-state index is -0.404. The van der Waals surface area contributed by atoms with E-state index in [0.717, 1.165) is 16.7 Å². The summed E-state index contributed by atoms with van der Waals surface area (Å²) in [7, 11) is 0. The first-order chi connectivity index (χ1) is 11.9. The lowest BCUT2D eigenvalue weighted by molar-refractivity contribution is -0.139. The van der Waals surface area contributed by atoms with Crippen LogP contribution in [-0.2, 0) is 16.1 Å². The van der Waals surface area contributed by atoms with Crippen molar-refractivity contribution in [1.29, 1.82) is 0 Å². The summed E-state index contributed by atoms with van der Waals surface area (Å²) in [5.74, 6) is -0.159. The third kappa shape index (κ3) is 4.08. The number of ether oxygens (including phenoxy) is 1. The van der Waals surface area contributed by atoms with Crippen LogP contribution in [0.3, 0.4) is 0 Å². The van der Waals surface area contributed by atoms with Crippen molar-refractivity contribution in [2.24, 2.45) is 5.92 Å². The van der Waals surface area contributed by atoms with E-state index in [0.29, 0.717) is 18.8 Å². The van der Waals surface area contributed by atoms with Gasteiger partial charge >= 0.3 is 5.97 Å². The molecule has 1 unspecified atom stereocenters. The molecule has 1 aliphatic rings. The predicted octanol–water partition coefficient (Wildman–Crippen LogP) is 3.57. The third-order valence-corrected chi connectivity index (χ3v) is 4.58. The van der Waals surface area contributed by atoms with Crippen LogP contribution in [0.1, 0.15) is 28.7 Å². The fraction of sp³-hybridized carbons (Fsp3) is 0.333. The Morgan fingerprint density at radius 1 is 1.08 bits per heavy atom. The van der Waals surface area contributed by atoms with Gasteiger partial charge in [-0.25, -0.2) is 0 Å². The van der Waals surface area contributed by atoms with Gasteiger partial charge < -0.3 is 9.64 Å². The Labute approximate surface area is 148 Å². The molecule has 1 aliphatic heterocycles. The fourth-order valence-corrected chi connectivity index (χ4v) is 3.10. The molecule has 0 aliphatic carbocycles. The lowest BCUT2D eigenvalue weighted by Crippen LogP contribution is -2.27. The molecule has 1 heterocycles. The zero-order chi connectivity index (χ0) is 18.0. The third-order valence-electron chi connectivity index (χ3n) is 4.58. The van der Waals surface area contributed by atoms with Gasteiger partial charge in [0.1, 0.15) is 5.75 Å². The van der Waals surface area contributed by atoms with E-state index >= 15 is 0 Å². The highest BCUT2D eigenvalue weighted by Gasteiger charge is 2.35. The van der Waals surface area contributed by atoms with E-state index in [9.17, 15) is 9.59 Å². The Kier molecular flexibility index (Phi) is 4.88. The number of aryl methyl sites for hydroxylation is 3. The molecule has 1 fully saturated rings. The van der Waals surface area contributed by atoms with Gasteiger partial charge in [0.15, 0.2) is 0 Å². The van der Waals surface area contributed by atoms with Crippen molar-refractivity contribution in [2.75, 3.05) is 6.54 Å². The van der Waals surface area contributed by atoms with Crippen LogP contribution in [0.15, 0.2) is 42.5 Å².